The van der Waals surface area contributed by atoms with E-state index in [1.165, 1.54) is 27.8 Å². The molecule has 0 saturated heterocycles. The molecule has 9 aromatic rings. The van der Waals surface area contributed by atoms with Gasteiger partial charge in [0.05, 0.1) is 17.1 Å². The number of hydrogen-bond acceptors (Lipinski definition) is 5. The minimum Gasteiger partial charge on any atom is -0.457 e. The minimum absolute atomic E-state index is 0.0596. The van der Waals surface area contributed by atoms with Gasteiger partial charge < -0.3 is 19.9 Å². The van der Waals surface area contributed by atoms with Crippen LogP contribution in [0.2, 0.25) is 0 Å². The molecular weight excluding hydrogens is 937 g/mol. The van der Waals surface area contributed by atoms with Crippen LogP contribution in [-0.2, 0) is 21.7 Å². The van der Waals surface area contributed by atoms with Gasteiger partial charge in [-0.2, -0.15) is 0 Å². The number of para-hydroxylation sites is 3. The lowest BCUT2D eigenvalue weighted by Gasteiger charge is -2.43. The van der Waals surface area contributed by atoms with Crippen molar-refractivity contribution in [2.45, 2.75) is 117 Å². The molecule has 1 aliphatic carbocycles. The van der Waals surface area contributed by atoms with Crippen LogP contribution >= 0.6 is 0 Å². The van der Waals surface area contributed by atoms with Crippen molar-refractivity contribution in [2.75, 3.05) is 21.8 Å². The Hall–Kier alpha value is -7.89. The molecule has 8 aromatic carbocycles. The molecule has 0 radical (unpaired) electrons. The number of rotatable bonds is 10. The summed E-state index contributed by atoms with van der Waals surface area (Å²) in [6, 6.07) is 61.7. The summed E-state index contributed by atoms with van der Waals surface area (Å²) in [6.07, 6.45) is 3.68. The third-order valence-electron chi connectivity index (χ3n) is 16.0. The maximum atomic E-state index is 8.76. The number of benzene rings is 8. The number of nitrogens with zero attached hydrogens (tertiary/aromatic N) is 3. The van der Waals surface area contributed by atoms with Crippen LogP contribution in [0.15, 0.2) is 188 Å². The zero-order chi connectivity index (χ0) is 59.0. The molecule has 11 rings (SSSR count). The lowest BCUT2D eigenvalue weighted by Crippen LogP contribution is -2.34. The molecule has 5 nitrogen and oxygen atoms in total. The van der Waals surface area contributed by atoms with E-state index in [0.717, 1.165) is 63.4 Å². The van der Waals surface area contributed by atoms with Gasteiger partial charge in [-0.15, -0.1) is 0 Å². The molecular formula is C72H74N4O. The van der Waals surface area contributed by atoms with Crippen molar-refractivity contribution in [1.29, 1.82) is 0 Å². The maximum absolute atomic E-state index is 8.76. The first kappa shape index (κ1) is 44.3. The topological polar surface area (TPSA) is 40.6 Å². The third kappa shape index (κ3) is 10.0. The number of nitrogens with one attached hydrogen (secondary N) is 1. The molecule has 0 fully saturated rings. The lowest BCUT2D eigenvalue weighted by molar-refractivity contribution is 0.333. The van der Waals surface area contributed by atoms with Crippen molar-refractivity contribution in [1.82, 2.24) is 4.98 Å². The molecule has 0 atom stereocenters. The highest BCUT2D eigenvalue weighted by Crippen LogP contribution is 2.52. The first-order chi connectivity index (χ1) is 39.1. The maximum Gasteiger partial charge on any atom is 0.130 e. The Kier molecular flexibility index (Phi) is 11.3. The molecule has 0 amide bonds. The number of fused-ring (bicyclic) bond motifs is 2. The Labute approximate surface area is 467 Å². The van der Waals surface area contributed by atoms with Gasteiger partial charge in [-0.1, -0.05) is 196 Å². The summed E-state index contributed by atoms with van der Waals surface area (Å²) in [4.78, 5) is 9.65. The summed E-state index contributed by atoms with van der Waals surface area (Å²) in [5, 5.41) is 3.39. The van der Waals surface area contributed by atoms with Gasteiger partial charge in [0, 0.05) is 54.1 Å². The van der Waals surface area contributed by atoms with Gasteiger partial charge >= 0.3 is 0 Å². The summed E-state index contributed by atoms with van der Waals surface area (Å²) in [6.45, 7) is 18.4. The number of pyridine rings is 1. The number of hydrogen-bond donors (Lipinski definition) is 1. The third-order valence-corrected chi connectivity index (χ3v) is 16.0. The predicted molar refractivity (Wildman–Crippen MR) is 326 cm³/mol. The summed E-state index contributed by atoms with van der Waals surface area (Å²) in [7, 11) is 0. The highest BCUT2D eigenvalue weighted by molar-refractivity contribution is 5.99. The zero-order valence-corrected chi connectivity index (χ0v) is 46.3. The Morgan fingerprint density at radius 2 is 1.16 bits per heavy atom. The smallest absolute Gasteiger partial charge is 0.130 e. The average molecular weight is 1020 g/mol. The van der Waals surface area contributed by atoms with Gasteiger partial charge in [-0.3, -0.25) is 0 Å². The molecule has 1 aromatic heterocycles. The van der Waals surface area contributed by atoms with Crippen LogP contribution < -0.4 is 19.9 Å². The zero-order valence-electron chi connectivity index (χ0n) is 52.3. The van der Waals surface area contributed by atoms with Crippen LogP contribution in [0, 0.1) is 13.7 Å². The van der Waals surface area contributed by atoms with Gasteiger partial charge in [0.15, 0.2) is 0 Å². The molecule has 2 heterocycles. The first-order valence-electron chi connectivity index (χ1n) is 30.1. The van der Waals surface area contributed by atoms with Crippen LogP contribution in [0.5, 0.6) is 11.5 Å². The summed E-state index contributed by atoms with van der Waals surface area (Å²) in [5.74, 6) is 1.58. The van der Waals surface area contributed by atoms with E-state index < -0.39 is 13.7 Å². The van der Waals surface area contributed by atoms with Gasteiger partial charge in [0.1, 0.15) is 24.0 Å². The fourth-order valence-corrected chi connectivity index (χ4v) is 11.5. The molecule has 388 valence electrons. The molecule has 0 bridgehead atoms. The number of aromatic nitrogens is 1. The molecule has 5 heteroatoms. The molecule has 0 spiro atoms. The van der Waals surface area contributed by atoms with E-state index in [4.69, 9.17) is 17.9 Å². The van der Waals surface area contributed by atoms with Crippen LogP contribution in [-0.4, -0.2) is 11.7 Å². The molecule has 0 unspecified atom stereocenters. The van der Waals surface area contributed by atoms with E-state index >= 15 is 0 Å². The highest BCUT2D eigenvalue weighted by Gasteiger charge is 2.39. The Morgan fingerprint density at radius 3 is 1.86 bits per heavy atom. The predicted octanol–water partition coefficient (Wildman–Crippen LogP) is 20.1. The highest BCUT2D eigenvalue weighted by atomic mass is 16.5. The first-order valence-corrected chi connectivity index (χ1v) is 27.1. The number of anilines is 6. The standard InChI is InChI=1S/C72H74N4O/c1-47-31-36-63(74-66-40-48(2)61(45-73-66)59-27-20-28-62-67(59)72(11,12)38-37-71(62,9)10)60(39-47)50-32-34-55(35-33-50)77-56-24-18-23-54(44-56)75-46-76(65-30-17-16-29-64(65)75)68-57(49-21-14-13-15-22-49)25-19-26-58(68)51-41-52(69(3,4)5)43-53(42-51)70(6,7)8/h13-36,39-45H,37-38,46H2,1-12H3,(H,73,74)/i1D3,2D3. The monoisotopic (exact) mass is 1020 g/mol. The molecule has 77 heavy (non-hydrogen) atoms. The van der Waals surface area contributed by atoms with E-state index in [1.54, 1.807) is 30.5 Å². The van der Waals surface area contributed by atoms with Gasteiger partial charge in [-0.25, -0.2) is 4.98 Å². The van der Waals surface area contributed by atoms with Gasteiger partial charge in [0.25, 0.3) is 0 Å². The average Bonchev–Trinajstić information content (AvgIpc) is 4.00. The van der Waals surface area contributed by atoms with Crippen molar-refractivity contribution in [3.05, 3.63) is 222 Å². The SMILES string of the molecule is [2H]C([2H])([2H])c1ccc(Nc2cc(C([2H])([2H])[2H])c(-c3cccc4c3C(C)(C)CCC4(C)C)cn2)c(-c2ccc(Oc3cccc(N4CN(c5c(-c6ccccc6)cccc5-c5cc(C(C)(C)C)cc(C(C)(C)C)c5)c5ccccc54)c3)cc2)c1. The van der Waals surface area contributed by atoms with E-state index in [0.29, 0.717) is 40.8 Å². The Balaban J connectivity index is 0.906. The molecule has 1 aliphatic heterocycles. The molecule has 0 saturated carbocycles. The second-order valence-electron chi connectivity index (χ2n) is 24.5. The van der Waals surface area contributed by atoms with Crippen molar-refractivity contribution >= 4 is 34.3 Å². The van der Waals surface area contributed by atoms with Crippen LogP contribution in [0.25, 0.3) is 44.5 Å². The summed E-state index contributed by atoms with van der Waals surface area (Å²) < 4.78 is 57.9. The Bertz CT molecular complexity index is 3870. The second kappa shape index (κ2) is 19.6. The number of ether oxygens (including phenoxy) is 1. The normalized spacial score (nSPS) is 16.2. The Morgan fingerprint density at radius 1 is 0.519 bits per heavy atom. The lowest BCUT2D eigenvalue weighted by atomic mass is 9.61. The largest absolute Gasteiger partial charge is 0.457 e. The van der Waals surface area contributed by atoms with Crippen molar-refractivity contribution in [2.24, 2.45) is 0 Å². The summed E-state index contributed by atoms with van der Waals surface area (Å²) >= 11 is 0. The quantitative estimate of drug-likeness (QED) is 0.148. The van der Waals surface area contributed by atoms with Crippen LogP contribution in [0.4, 0.5) is 34.3 Å². The van der Waals surface area contributed by atoms with Crippen LogP contribution in [0.1, 0.15) is 124 Å². The van der Waals surface area contributed by atoms with Crippen molar-refractivity contribution < 1.29 is 13.0 Å². The fourth-order valence-electron chi connectivity index (χ4n) is 11.5. The van der Waals surface area contributed by atoms with E-state index in [1.807, 2.05) is 48.5 Å². The van der Waals surface area contributed by atoms with Gasteiger partial charge in [0.2, 0.25) is 0 Å². The molecule has 2 aliphatic rings. The van der Waals surface area contributed by atoms with Crippen molar-refractivity contribution in [3.8, 4) is 56.0 Å². The number of aryl methyl sites for hydroxylation is 2. The minimum atomic E-state index is -2.45. The van der Waals surface area contributed by atoms with Gasteiger partial charge in [-0.05, 0) is 153 Å². The van der Waals surface area contributed by atoms with E-state index in [2.05, 4.69) is 194 Å². The van der Waals surface area contributed by atoms with E-state index in [-0.39, 0.29) is 32.8 Å². The summed E-state index contributed by atoms with van der Waals surface area (Å²) in [5.41, 5.74) is 17.3. The van der Waals surface area contributed by atoms with E-state index in [9.17, 15) is 0 Å². The van der Waals surface area contributed by atoms with Crippen LogP contribution in [0.3, 0.4) is 0 Å². The second-order valence-corrected chi connectivity index (χ2v) is 24.5. The van der Waals surface area contributed by atoms with Crippen molar-refractivity contribution in [3.63, 3.8) is 0 Å². The fraction of sp³-hybridized carbons (Fsp3) is 0.264. The molecule has 1 N–H and O–H groups in total.